The summed E-state index contributed by atoms with van der Waals surface area (Å²) in [6, 6.07) is 0. The first-order valence-corrected chi connectivity index (χ1v) is 6.83. The van der Waals surface area contributed by atoms with Gasteiger partial charge in [-0.15, -0.1) is 0 Å². The summed E-state index contributed by atoms with van der Waals surface area (Å²) in [7, 11) is 0.219. The van der Waals surface area contributed by atoms with Crippen molar-refractivity contribution >= 4 is 10.0 Å². The number of hydrogen-bond acceptors (Lipinski definition) is 3. The molecule has 0 bridgehead atoms. The van der Waals surface area contributed by atoms with Crippen LogP contribution in [0, 0.1) is 0 Å². The molecule has 0 rings (SSSR count). The molecule has 0 spiro atoms. The third kappa shape index (κ3) is 3.43. The first kappa shape index (κ1) is 14.9. The Kier molecular flexibility index (Phi) is 5.23. The van der Waals surface area contributed by atoms with Gasteiger partial charge in [0.2, 0.25) is 10.0 Å². The van der Waals surface area contributed by atoms with Crippen molar-refractivity contribution < 1.29 is 8.42 Å². The third-order valence-electron chi connectivity index (χ3n) is 3.10. The van der Waals surface area contributed by atoms with Gasteiger partial charge in [-0.25, -0.2) is 8.42 Å². The van der Waals surface area contributed by atoms with Crippen LogP contribution in [-0.4, -0.2) is 44.2 Å². The molecule has 1 unspecified atom stereocenters. The second-order valence-electron chi connectivity index (χ2n) is 4.55. The highest BCUT2D eigenvalue weighted by molar-refractivity contribution is 7.89. The number of sulfonamides is 1. The fourth-order valence-corrected chi connectivity index (χ4v) is 2.96. The van der Waals surface area contributed by atoms with E-state index in [4.69, 9.17) is 0 Å². The number of nitrogens with zero attached hydrogens (tertiary/aromatic N) is 1. The van der Waals surface area contributed by atoms with Crippen LogP contribution in [0.1, 0.15) is 34.1 Å². The maximum absolute atomic E-state index is 12.1. The van der Waals surface area contributed by atoms with E-state index >= 15 is 0 Å². The number of hydrogen-bond donors (Lipinski definition) is 1. The Labute approximate surface area is 94.1 Å². The highest BCUT2D eigenvalue weighted by atomic mass is 32.2. The molecule has 92 valence electrons. The van der Waals surface area contributed by atoms with Crippen LogP contribution in [0.15, 0.2) is 0 Å². The van der Waals surface area contributed by atoms with Crippen molar-refractivity contribution in [1.29, 1.82) is 0 Å². The second kappa shape index (κ2) is 5.27. The molecule has 0 aromatic heterocycles. The van der Waals surface area contributed by atoms with Crippen LogP contribution in [0.4, 0.5) is 0 Å². The van der Waals surface area contributed by atoms with Crippen molar-refractivity contribution in [2.24, 2.45) is 0 Å². The zero-order chi connectivity index (χ0) is 12.3. The molecule has 5 heteroatoms. The molecule has 0 saturated carbocycles. The monoisotopic (exact) mass is 236 g/mol. The van der Waals surface area contributed by atoms with Crippen LogP contribution in [-0.2, 0) is 10.0 Å². The van der Waals surface area contributed by atoms with Gasteiger partial charge < -0.3 is 5.32 Å². The molecular weight excluding hydrogens is 212 g/mol. The molecule has 0 saturated heterocycles. The Morgan fingerprint density at radius 2 is 1.87 bits per heavy atom. The normalized spacial score (nSPS) is 15.7. The van der Waals surface area contributed by atoms with E-state index in [2.05, 4.69) is 5.32 Å². The highest BCUT2D eigenvalue weighted by Crippen LogP contribution is 2.22. The summed E-state index contributed by atoms with van der Waals surface area (Å²) in [5, 5.41) is 2.50. The summed E-state index contributed by atoms with van der Waals surface area (Å²) >= 11 is 0. The molecule has 1 N–H and O–H groups in total. The molecule has 1 atom stereocenters. The minimum absolute atomic E-state index is 0.319. The first-order valence-electron chi connectivity index (χ1n) is 5.32. The molecule has 0 aliphatic heterocycles. The Hall–Kier alpha value is -0.130. The average molecular weight is 236 g/mol. The van der Waals surface area contributed by atoms with Crippen molar-refractivity contribution in [1.82, 2.24) is 9.62 Å². The first-order chi connectivity index (χ1) is 6.70. The second-order valence-corrected chi connectivity index (χ2v) is 6.93. The van der Waals surface area contributed by atoms with Crippen molar-refractivity contribution in [2.45, 2.75) is 44.9 Å². The van der Waals surface area contributed by atoms with E-state index in [1.807, 2.05) is 20.8 Å². The lowest BCUT2D eigenvalue weighted by Crippen LogP contribution is -2.49. The molecule has 0 amide bonds. The molecule has 0 heterocycles. The van der Waals surface area contributed by atoms with Crippen LogP contribution >= 0.6 is 0 Å². The summed E-state index contributed by atoms with van der Waals surface area (Å²) < 4.78 is 25.7. The van der Waals surface area contributed by atoms with Gasteiger partial charge in [-0.2, -0.15) is 4.31 Å². The van der Waals surface area contributed by atoms with E-state index in [1.54, 1.807) is 21.0 Å². The summed E-state index contributed by atoms with van der Waals surface area (Å²) in [6.45, 7) is 8.09. The third-order valence-corrected chi connectivity index (χ3v) is 5.54. The van der Waals surface area contributed by atoms with Crippen LogP contribution in [0.3, 0.4) is 0 Å². The number of nitrogens with one attached hydrogen (secondary N) is 1. The lowest BCUT2D eigenvalue weighted by Gasteiger charge is -2.35. The number of rotatable bonds is 6. The molecule has 0 radical (unpaired) electrons. The van der Waals surface area contributed by atoms with E-state index < -0.39 is 15.3 Å². The van der Waals surface area contributed by atoms with Gasteiger partial charge in [0.25, 0.3) is 0 Å². The average Bonchev–Trinajstić information content (AvgIpc) is 2.17. The van der Waals surface area contributed by atoms with Crippen LogP contribution in [0.2, 0.25) is 0 Å². The molecule has 0 aromatic rings. The van der Waals surface area contributed by atoms with Crippen LogP contribution in [0.25, 0.3) is 0 Å². The maximum atomic E-state index is 12.1. The lowest BCUT2D eigenvalue weighted by atomic mass is 10.0. The molecular formula is C10H24N2O2S. The zero-order valence-electron chi connectivity index (χ0n) is 10.7. The molecule has 0 fully saturated rings. The molecule has 0 aliphatic carbocycles. The topological polar surface area (TPSA) is 49.4 Å². The van der Waals surface area contributed by atoms with Crippen molar-refractivity contribution in [3.8, 4) is 0 Å². The Morgan fingerprint density at radius 1 is 1.40 bits per heavy atom. The van der Waals surface area contributed by atoms with Crippen LogP contribution in [0.5, 0.6) is 0 Å². The van der Waals surface area contributed by atoms with Crippen molar-refractivity contribution in [3.63, 3.8) is 0 Å². The molecule has 0 aromatic carbocycles. The van der Waals surface area contributed by atoms with Crippen molar-refractivity contribution in [2.75, 3.05) is 20.6 Å². The van der Waals surface area contributed by atoms with Gasteiger partial charge in [-0.05, 0) is 34.2 Å². The standard InChI is InChI=1S/C10H24N2O2S/c1-7-10(3,4)12(6)15(13,14)9(2)8-11-5/h9,11H,7-8H2,1-6H3. The van der Waals surface area contributed by atoms with E-state index in [9.17, 15) is 8.42 Å². The smallest absolute Gasteiger partial charge is 0.218 e. The molecule has 0 aliphatic rings. The summed E-state index contributed by atoms with van der Waals surface area (Å²) in [4.78, 5) is 0. The van der Waals surface area contributed by atoms with Gasteiger partial charge in [-0.3, -0.25) is 0 Å². The maximum Gasteiger partial charge on any atom is 0.218 e. The zero-order valence-corrected chi connectivity index (χ0v) is 11.5. The van der Waals surface area contributed by atoms with Gasteiger partial charge in [0.1, 0.15) is 0 Å². The minimum Gasteiger partial charge on any atom is -0.318 e. The summed E-state index contributed by atoms with van der Waals surface area (Å²) in [6.07, 6.45) is 0.801. The Balaban J connectivity index is 4.89. The van der Waals surface area contributed by atoms with E-state index in [-0.39, 0.29) is 5.54 Å². The highest BCUT2D eigenvalue weighted by Gasteiger charge is 2.34. The SMILES string of the molecule is CCC(C)(C)N(C)S(=O)(=O)C(C)CNC. The quantitative estimate of drug-likeness (QED) is 0.750. The Morgan fingerprint density at radius 3 is 2.20 bits per heavy atom. The van der Waals surface area contributed by atoms with E-state index in [0.29, 0.717) is 6.54 Å². The van der Waals surface area contributed by atoms with Gasteiger partial charge >= 0.3 is 0 Å². The fourth-order valence-electron chi connectivity index (χ4n) is 1.23. The van der Waals surface area contributed by atoms with Gasteiger partial charge in [0, 0.05) is 19.1 Å². The van der Waals surface area contributed by atoms with E-state index in [1.165, 1.54) is 4.31 Å². The Bertz CT molecular complexity index is 286. The lowest BCUT2D eigenvalue weighted by molar-refractivity contribution is 0.254. The predicted molar refractivity (Wildman–Crippen MR) is 64.4 cm³/mol. The van der Waals surface area contributed by atoms with Gasteiger partial charge in [0.05, 0.1) is 5.25 Å². The van der Waals surface area contributed by atoms with E-state index in [0.717, 1.165) is 6.42 Å². The van der Waals surface area contributed by atoms with Gasteiger partial charge in [0.15, 0.2) is 0 Å². The fraction of sp³-hybridized carbons (Fsp3) is 1.00. The molecule has 4 nitrogen and oxygen atoms in total. The predicted octanol–water partition coefficient (Wildman–Crippen LogP) is 1.04. The summed E-state index contributed by atoms with van der Waals surface area (Å²) in [5.74, 6) is 0. The summed E-state index contributed by atoms with van der Waals surface area (Å²) in [5.41, 5.74) is -0.319. The van der Waals surface area contributed by atoms with Crippen LogP contribution < -0.4 is 5.32 Å². The van der Waals surface area contributed by atoms with Crippen molar-refractivity contribution in [3.05, 3.63) is 0 Å². The molecule has 15 heavy (non-hydrogen) atoms. The van der Waals surface area contributed by atoms with Gasteiger partial charge in [-0.1, -0.05) is 6.92 Å². The minimum atomic E-state index is -3.20. The largest absolute Gasteiger partial charge is 0.318 e.